The van der Waals surface area contributed by atoms with Gasteiger partial charge in [0.25, 0.3) is 0 Å². The van der Waals surface area contributed by atoms with E-state index in [1.807, 2.05) is 0 Å². The Labute approximate surface area is 65.6 Å². The number of carbonyl (C=O) groups excluding carboxylic acids is 1. The van der Waals surface area contributed by atoms with Crippen molar-refractivity contribution in [3.8, 4) is 0 Å². The van der Waals surface area contributed by atoms with Crippen LogP contribution in [0.25, 0.3) is 0 Å². The standard InChI is InChI=1S/C7H12N2O2/c1-8-7(10)6(11-2)3-5-4-9-5/h6H,3-4H2,1-2H3,(H,8,10). The summed E-state index contributed by atoms with van der Waals surface area (Å²) in [5.74, 6) is -0.0814. The fourth-order valence-electron chi connectivity index (χ4n) is 0.843. The van der Waals surface area contributed by atoms with Crippen LogP contribution in [0.3, 0.4) is 0 Å². The lowest BCUT2D eigenvalue weighted by molar-refractivity contribution is -0.130. The molecule has 0 spiro atoms. The normalized spacial score (nSPS) is 17.1. The third-order valence-corrected chi connectivity index (χ3v) is 1.63. The highest BCUT2D eigenvalue weighted by molar-refractivity contribution is 5.99. The second-order valence-corrected chi connectivity index (χ2v) is 2.43. The van der Waals surface area contributed by atoms with Gasteiger partial charge in [-0.25, -0.2) is 0 Å². The van der Waals surface area contributed by atoms with Gasteiger partial charge < -0.3 is 10.1 Å². The Bertz CT molecular complexity index is 189. The van der Waals surface area contributed by atoms with Gasteiger partial charge in [0.2, 0.25) is 5.91 Å². The van der Waals surface area contributed by atoms with E-state index in [-0.39, 0.29) is 12.0 Å². The van der Waals surface area contributed by atoms with Gasteiger partial charge in [-0.05, 0) is 0 Å². The number of hydrogen-bond acceptors (Lipinski definition) is 3. The highest BCUT2D eigenvalue weighted by atomic mass is 16.5. The smallest absolute Gasteiger partial charge is 0.249 e. The van der Waals surface area contributed by atoms with Gasteiger partial charge >= 0.3 is 0 Å². The lowest BCUT2D eigenvalue weighted by atomic mass is 10.2. The molecule has 0 bridgehead atoms. The number of ether oxygens (including phenoxy) is 1. The molecule has 1 N–H and O–H groups in total. The van der Waals surface area contributed by atoms with Crippen molar-refractivity contribution in [2.75, 3.05) is 20.7 Å². The zero-order chi connectivity index (χ0) is 8.27. The van der Waals surface area contributed by atoms with Gasteiger partial charge in [-0.2, -0.15) is 0 Å². The number of aliphatic imine (C=N–C) groups is 1. The highest BCUT2D eigenvalue weighted by Gasteiger charge is 2.22. The van der Waals surface area contributed by atoms with Crippen molar-refractivity contribution in [1.82, 2.24) is 5.32 Å². The van der Waals surface area contributed by atoms with Crippen LogP contribution in [0.1, 0.15) is 6.42 Å². The van der Waals surface area contributed by atoms with Gasteiger partial charge in [-0.1, -0.05) is 0 Å². The molecular formula is C7H12N2O2. The summed E-state index contributed by atoms with van der Waals surface area (Å²) in [6.45, 7) is 0.802. The quantitative estimate of drug-likeness (QED) is 0.601. The average molecular weight is 156 g/mol. The topological polar surface area (TPSA) is 50.7 Å². The van der Waals surface area contributed by atoms with Gasteiger partial charge in [0.15, 0.2) is 0 Å². The van der Waals surface area contributed by atoms with E-state index >= 15 is 0 Å². The van der Waals surface area contributed by atoms with E-state index in [9.17, 15) is 4.79 Å². The summed E-state index contributed by atoms with van der Waals surface area (Å²) >= 11 is 0. The molecule has 0 aromatic rings. The summed E-state index contributed by atoms with van der Waals surface area (Å²) in [4.78, 5) is 15.0. The van der Waals surface area contributed by atoms with Crippen molar-refractivity contribution >= 4 is 11.6 Å². The molecule has 1 aliphatic rings. The largest absolute Gasteiger partial charge is 0.371 e. The van der Waals surface area contributed by atoms with Gasteiger partial charge in [0, 0.05) is 26.3 Å². The van der Waals surface area contributed by atoms with Crippen molar-refractivity contribution in [3.05, 3.63) is 0 Å². The second-order valence-electron chi connectivity index (χ2n) is 2.43. The van der Waals surface area contributed by atoms with Crippen LogP contribution in [0.2, 0.25) is 0 Å². The molecule has 1 unspecified atom stereocenters. The summed E-state index contributed by atoms with van der Waals surface area (Å²) in [6, 6.07) is 0. The van der Waals surface area contributed by atoms with Crippen molar-refractivity contribution in [2.24, 2.45) is 4.99 Å². The number of likely N-dealkylation sites (N-methyl/N-ethyl adjacent to an activating group) is 1. The Hall–Kier alpha value is -0.900. The van der Waals surface area contributed by atoms with Crippen LogP contribution in [0.4, 0.5) is 0 Å². The maximum absolute atomic E-state index is 11.0. The molecule has 0 fully saturated rings. The van der Waals surface area contributed by atoms with Gasteiger partial charge in [-0.3, -0.25) is 9.79 Å². The molecule has 1 aliphatic heterocycles. The summed E-state index contributed by atoms with van der Waals surface area (Å²) in [5.41, 5.74) is 1.07. The minimum absolute atomic E-state index is 0.0814. The molecule has 1 amide bonds. The molecule has 0 aromatic heterocycles. The number of nitrogens with zero attached hydrogens (tertiary/aromatic N) is 1. The van der Waals surface area contributed by atoms with Crippen molar-refractivity contribution in [2.45, 2.75) is 12.5 Å². The molecule has 0 radical (unpaired) electrons. The molecule has 11 heavy (non-hydrogen) atoms. The first-order valence-electron chi connectivity index (χ1n) is 3.54. The Morgan fingerprint density at radius 2 is 2.55 bits per heavy atom. The number of amides is 1. The first kappa shape index (κ1) is 8.20. The number of rotatable bonds is 4. The number of methoxy groups -OCH3 is 1. The van der Waals surface area contributed by atoms with Crippen LogP contribution < -0.4 is 5.32 Å². The van der Waals surface area contributed by atoms with Gasteiger partial charge in [0.05, 0.1) is 6.54 Å². The second kappa shape index (κ2) is 3.48. The number of carbonyl (C=O) groups is 1. The summed E-state index contributed by atoms with van der Waals surface area (Å²) in [6.07, 6.45) is 0.275. The molecule has 1 rings (SSSR count). The summed E-state index contributed by atoms with van der Waals surface area (Å²) in [7, 11) is 3.13. The molecule has 1 heterocycles. The van der Waals surface area contributed by atoms with Crippen molar-refractivity contribution < 1.29 is 9.53 Å². The Morgan fingerprint density at radius 1 is 1.91 bits per heavy atom. The van der Waals surface area contributed by atoms with Crippen LogP contribution >= 0.6 is 0 Å². The molecule has 4 heteroatoms. The Balaban J connectivity index is 2.34. The zero-order valence-electron chi connectivity index (χ0n) is 6.76. The summed E-state index contributed by atoms with van der Waals surface area (Å²) < 4.78 is 4.96. The first-order valence-corrected chi connectivity index (χ1v) is 3.54. The Morgan fingerprint density at radius 3 is 2.91 bits per heavy atom. The molecule has 62 valence electrons. The van der Waals surface area contributed by atoms with Crippen LogP contribution in [-0.2, 0) is 9.53 Å². The van der Waals surface area contributed by atoms with Crippen LogP contribution in [-0.4, -0.2) is 38.4 Å². The Kier molecular flexibility index (Phi) is 2.59. The predicted octanol–water partition coefficient (Wildman–Crippen LogP) is -0.408. The molecule has 4 nitrogen and oxygen atoms in total. The zero-order valence-corrected chi connectivity index (χ0v) is 6.76. The van der Waals surface area contributed by atoms with Crippen LogP contribution in [0.15, 0.2) is 4.99 Å². The fourth-order valence-corrected chi connectivity index (χ4v) is 0.843. The lowest BCUT2D eigenvalue weighted by Gasteiger charge is -2.10. The molecule has 0 saturated carbocycles. The maximum atomic E-state index is 11.0. The molecular weight excluding hydrogens is 144 g/mol. The highest BCUT2D eigenvalue weighted by Crippen LogP contribution is 2.07. The van der Waals surface area contributed by atoms with E-state index in [0.29, 0.717) is 6.42 Å². The number of hydrogen-bond donors (Lipinski definition) is 1. The van der Waals surface area contributed by atoms with Gasteiger partial charge in [0.1, 0.15) is 6.10 Å². The van der Waals surface area contributed by atoms with Crippen molar-refractivity contribution in [3.63, 3.8) is 0 Å². The molecule has 0 aliphatic carbocycles. The minimum Gasteiger partial charge on any atom is -0.371 e. The van der Waals surface area contributed by atoms with Gasteiger partial charge in [-0.15, -0.1) is 0 Å². The maximum Gasteiger partial charge on any atom is 0.249 e. The van der Waals surface area contributed by atoms with E-state index in [0.717, 1.165) is 12.3 Å². The van der Waals surface area contributed by atoms with Crippen LogP contribution in [0, 0.1) is 0 Å². The minimum atomic E-state index is -0.360. The average Bonchev–Trinajstić information content (AvgIpc) is 2.82. The number of nitrogens with one attached hydrogen (secondary N) is 1. The SMILES string of the molecule is CNC(=O)C(CC1=NC1)OC. The third kappa shape index (κ3) is 2.31. The van der Waals surface area contributed by atoms with E-state index < -0.39 is 0 Å². The molecule has 0 saturated heterocycles. The molecule has 0 aromatic carbocycles. The van der Waals surface area contributed by atoms with Crippen molar-refractivity contribution in [1.29, 1.82) is 0 Å². The first-order chi connectivity index (χ1) is 5.27. The predicted molar refractivity (Wildman–Crippen MR) is 41.8 cm³/mol. The molecule has 1 atom stereocenters. The lowest BCUT2D eigenvalue weighted by Crippen LogP contribution is -2.34. The van der Waals surface area contributed by atoms with E-state index in [1.165, 1.54) is 7.11 Å². The van der Waals surface area contributed by atoms with E-state index in [4.69, 9.17) is 4.74 Å². The summed E-state index contributed by atoms with van der Waals surface area (Å²) in [5, 5.41) is 2.53. The fraction of sp³-hybridized carbons (Fsp3) is 0.714. The third-order valence-electron chi connectivity index (χ3n) is 1.63. The van der Waals surface area contributed by atoms with E-state index in [2.05, 4.69) is 10.3 Å². The van der Waals surface area contributed by atoms with E-state index in [1.54, 1.807) is 7.05 Å². The van der Waals surface area contributed by atoms with Crippen LogP contribution in [0.5, 0.6) is 0 Å². The monoisotopic (exact) mass is 156 g/mol.